The fraction of sp³-hybridized carbons (Fsp3) is 0.500. The van der Waals surface area contributed by atoms with Crippen LogP contribution in [0.3, 0.4) is 0 Å². The Bertz CT molecular complexity index is 554. The molecule has 124 valence electrons. The predicted molar refractivity (Wildman–Crippen MR) is 79.0 cm³/mol. The van der Waals surface area contributed by atoms with Crippen LogP contribution in [0, 0.1) is 0 Å². The first-order valence-electron chi connectivity index (χ1n) is 6.61. The summed E-state index contributed by atoms with van der Waals surface area (Å²) in [4.78, 5) is 11.6. The number of amides is 2. The van der Waals surface area contributed by atoms with E-state index >= 15 is 0 Å². The topological polar surface area (TPSA) is 58.2 Å². The molecule has 0 aliphatic heterocycles. The molecule has 0 aromatic heterocycles. The second-order valence-electron chi connectivity index (χ2n) is 5.71. The first-order chi connectivity index (χ1) is 9.99. The molecule has 0 radical (unpaired) electrons. The highest BCUT2D eigenvalue weighted by Crippen LogP contribution is 2.30. The molecule has 0 spiro atoms. The maximum absolute atomic E-state index is 12.6. The Kier molecular flexibility index (Phi) is 5.99. The zero-order chi connectivity index (χ0) is 17.0. The minimum Gasteiger partial charge on any atom is -0.337 e. The molecule has 8 heteroatoms. The van der Waals surface area contributed by atoms with Gasteiger partial charge in [-0.25, -0.2) is 4.79 Å². The molecule has 2 amide bonds. The molecule has 1 aromatic rings. The van der Waals surface area contributed by atoms with Gasteiger partial charge in [-0.1, -0.05) is 6.07 Å². The van der Waals surface area contributed by atoms with Gasteiger partial charge in [0, 0.05) is 22.7 Å². The Balaban J connectivity index is 2.55. The number of urea groups is 1. The average Bonchev–Trinajstić information content (AvgIpc) is 2.35. The quantitative estimate of drug-likeness (QED) is 0.888. The van der Waals surface area contributed by atoms with Crippen molar-refractivity contribution in [2.45, 2.75) is 37.4 Å². The van der Waals surface area contributed by atoms with Crippen LogP contribution in [0.1, 0.15) is 26.3 Å². The van der Waals surface area contributed by atoms with Crippen LogP contribution in [0.5, 0.6) is 0 Å². The smallest absolute Gasteiger partial charge is 0.337 e. The summed E-state index contributed by atoms with van der Waals surface area (Å²) in [5.74, 6) is 0.0405. The lowest BCUT2D eigenvalue weighted by Crippen LogP contribution is -2.47. The van der Waals surface area contributed by atoms with Crippen LogP contribution < -0.4 is 10.6 Å². The molecule has 2 N–H and O–H groups in total. The van der Waals surface area contributed by atoms with Gasteiger partial charge < -0.3 is 10.6 Å². The van der Waals surface area contributed by atoms with Gasteiger partial charge in [0.15, 0.2) is 0 Å². The van der Waals surface area contributed by atoms with Gasteiger partial charge in [0.2, 0.25) is 0 Å². The van der Waals surface area contributed by atoms with Gasteiger partial charge in [0.05, 0.1) is 16.4 Å². The number of carbonyl (C=O) groups is 1. The monoisotopic (exact) mass is 336 g/mol. The van der Waals surface area contributed by atoms with E-state index in [4.69, 9.17) is 0 Å². The lowest BCUT2D eigenvalue weighted by Gasteiger charge is -2.20. The third-order valence-electron chi connectivity index (χ3n) is 2.49. The van der Waals surface area contributed by atoms with Crippen LogP contribution in [0.2, 0.25) is 0 Å². The summed E-state index contributed by atoms with van der Waals surface area (Å²) in [5, 5.41) is 5.18. The van der Waals surface area contributed by atoms with Gasteiger partial charge >= 0.3 is 12.2 Å². The van der Waals surface area contributed by atoms with Crippen molar-refractivity contribution in [2.24, 2.45) is 0 Å². The van der Waals surface area contributed by atoms with Crippen LogP contribution in [-0.4, -0.2) is 28.1 Å². The van der Waals surface area contributed by atoms with E-state index in [1.807, 2.05) is 20.8 Å². The van der Waals surface area contributed by atoms with Crippen molar-refractivity contribution in [3.63, 3.8) is 0 Å². The molecule has 1 rings (SSSR count). The fourth-order valence-corrected chi connectivity index (χ4v) is 2.59. The molecular weight excluding hydrogens is 317 g/mol. The lowest BCUT2D eigenvalue weighted by atomic mass is 10.1. The molecular formula is C14H19F3N2O2S. The van der Waals surface area contributed by atoms with Crippen molar-refractivity contribution in [1.29, 1.82) is 0 Å². The second kappa shape index (κ2) is 7.13. The van der Waals surface area contributed by atoms with Crippen LogP contribution in [0.15, 0.2) is 29.2 Å². The number of alkyl halides is 3. The second-order valence-corrected chi connectivity index (χ2v) is 7.28. The van der Waals surface area contributed by atoms with Crippen molar-refractivity contribution < 1.29 is 22.2 Å². The minimum atomic E-state index is -4.47. The summed E-state index contributed by atoms with van der Waals surface area (Å²) in [6.07, 6.45) is -4.47. The molecule has 1 atom stereocenters. The SMILES string of the molecule is CC(C)(C)NC(=O)NCCS(=O)c1cccc(C(F)(F)F)c1. The zero-order valence-corrected chi connectivity index (χ0v) is 13.4. The lowest BCUT2D eigenvalue weighted by molar-refractivity contribution is -0.137. The van der Waals surface area contributed by atoms with Crippen molar-refractivity contribution in [1.82, 2.24) is 10.6 Å². The van der Waals surface area contributed by atoms with E-state index < -0.39 is 34.1 Å². The number of rotatable bonds is 4. The third-order valence-corrected chi connectivity index (χ3v) is 3.84. The molecule has 4 nitrogen and oxygen atoms in total. The largest absolute Gasteiger partial charge is 0.416 e. The molecule has 0 fully saturated rings. The van der Waals surface area contributed by atoms with Gasteiger partial charge in [-0.3, -0.25) is 4.21 Å². The Morgan fingerprint density at radius 2 is 1.86 bits per heavy atom. The van der Waals surface area contributed by atoms with E-state index in [1.54, 1.807) is 0 Å². The van der Waals surface area contributed by atoms with E-state index in [0.717, 1.165) is 12.1 Å². The van der Waals surface area contributed by atoms with Crippen molar-refractivity contribution in [2.75, 3.05) is 12.3 Å². The summed E-state index contributed by atoms with van der Waals surface area (Å²) in [5.41, 5.74) is -1.23. The zero-order valence-electron chi connectivity index (χ0n) is 12.6. The summed E-state index contributed by atoms with van der Waals surface area (Å²) < 4.78 is 49.7. The first kappa shape index (κ1) is 18.5. The van der Waals surface area contributed by atoms with E-state index in [0.29, 0.717) is 0 Å². The van der Waals surface area contributed by atoms with Gasteiger partial charge in [-0.15, -0.1) is 0 Å². The molecule has 1 unspecified atom stereocenters. The van der Waals surface area contributed by atoms with E-state index in [-0.39, 0.29) is 17.2 Å². The van der Waals surface area contributed by atoms with Crippen molar-refractivity contribution in [3.8, 4) is 0 Å². The molecule has 0 heterocycles. The summed E-state index contributed by atoms with van der Waals surface area (Å²) in [6, 6.07) is 3.98. The summed E-state index contributed by atoms with van der Waals surface area (Å²) >= 11 is 0. The molecule has 1 aromatic carbocycles. The first-order valence-corrected chi connectivity index (χ1v) is 7.92. The van der Waals surface area contributed by atoms with Crippen LogP contribution in [-0.2, 0) is 17.0 Å². The third kappa shape index (κ3) is 6.46. The van der Waals surface area contributed by atoms with Gasteiger partial charge in [0.25, 0.3) is 0 Å². The predicted octanol–water partition coefficient (Wildman–Crippen LogP) is 2.91. The Labute approximate surface area is 129 Å². The fourth-order valence-electron chi connectivity index (χ4n) is 1.57. The van der Waals surface area contributed by atoms with Crippen LogP contribution in [0.25, 0.3) is 0 Å². The standard InChI is InChI=1S/C14H19F3N2O2S/c1-13(2,3)19-12(20)18-7-8-22(21)11-6-4-5-10(9-11)14(15,16)17/h4-6,9H,7-8H2,1-3H3,(H2,18,19,20). The maximum Gasteiger partial charge on any atom is 0.416 e. The van der Waals surface area contributed by atoms with E-state index in [2.05, 4.69) is 10.6 Å². The highest BCUT2D eigenvalue weighted by atomic mass is 32.2. The maximum atomic E-state index is 12.6. The number of hydrogen-bond donors (Lipinski definition) is 2. The van der Waals surface area contributed by atoms with E-state index in [1.165, 1.54) is 12.1 Å². The molecule has 22 heavy (non-hydrogen) atoms. The van der Waals surface area contributed by atoms with Crippen LogP contribution >= 0.6 is 0 Å². The number of halogens is 3. The van der Waals surface area contributed by atoms with Crippen molar-refractivity contribution in [3.05, 3.63) is 29.8 Å². The highest BCUT2D eigenvalue weighted by Gasteiger charge is 2.30. The molecule has 0 aliphatic rings. The Morgan fingerprint density at radius 1 is 1.23 bits per heavy atom. The van der Waals surface area contributed by atoms with Crippen molar-refractivity contribution >= 4 is 16.8 Å². The normalized spacial score (nSPS) is 13.5. The summed E-state index contributed by atoms with van der Waals surface area (Å²) in [7, 11) is -1.61. The Morgan fingerprint density at radius 3 is 2.41 bits per heavy atom. The minimum absolute atomic E-state index is 0.0405. The molecule has 0 aliphatic carbocycles. The molecule has 0 bridgehead atoms. The summed E-state index contributed by atoms with van der Waals surface area (Å²) in [6.45, 7) is 5.54. The molecule has 0 saturated carbocycles. The molecule has 0 saturated heterocycles. The number of hydrogen-bond acceptors (Lipinski definition) is 2. The number of carbonyl (C=O) groups excluding carboxylic acids is 1. The van der Waals surface area contributed by atoms with E-state index in [9.17, 15) is 22.2 Å². The number of benzene rings is 1. The van der Waals surface area contributed by atoms with Crippen LogP contribution in [0.4, 0.5) is 18.0 Å². The number of nitrogens with one attached hydrogen (secondary N) is 2. The Hall–Kier alpha value is -1.57. The van der Waals surface area contributed by atoms with Gasteiger partial charge in [-0.2, -0.15) is 13.2 Å². The highest BCUT2D eigenvalue weighted by molar-refractivity contribution is 7.85. The average molecular weight is 336 g/mol. The van der Waals surface area contributed by atoms with Gasteiger partial charge in [0.1, 0.15) is 0 Å². The van der Waals surface area contributed by atoms with Gasteiger partial charge in [-0.05, 0) is 39.0 Å².